The lowest BCUT2D eigenvalue weighted by Gasteiger charge is -2.30. The molecule has 1 N–H and O–H groups in total. The Morgan fingerprint density at radius 2 is 1.74 bits per heavy atom. The van der Waals surface area contributed by atoms with Gasteiger partial charge in [-0.15, -0.1) is 0 Å². The van der Waals surface area contributed by atoms with Crippen LogP contribution in [-0.4, -0.2) is 31.1 Å². The minimum Gasteiger partial charge on any atom is -0.368 e. The highest BCUT2D eigenvalue weighted by Gasteiger charge is 2.18. The van der Waals surface area contributed by atoms with Gasteiger partial charge in [0.05, 0.1) is 10.3 Å². The van der Waals surface area contributed by atoms with Crippen LogP contribution in [0.25, 0.3) is 10.8 Å². The van der Waals surface area contributed by atoms with Crippen LogP contribution in [0.2, 0.25) is 0 Å². The normalized spacial score (nSPS) is 15.7. The molecule has 1 aliphatic rings. The number of nitrogens with one attached hydrogen (secondary N) is 1. The van der Waals surface area contributed by atoms with Gasteiger partial charge in [0.1, 0.15) is 0 Å². The van der Waals surface area contributed by atoms with Crippen molar-refractivity contribution in [3.8, 4) is 0 Å². The molecule has 5 heteroatoms. The molecule has 2 aromatic carbocycles. The van der Waals surface area contributed by atoms with Crippen molar-refractivity contribution in [3.05, 3.63) is 46.5 Å². The van der Waals surface area contributed by atoms with Gasteiger partial charge in [0, 0.05) is 43.3 Å². The summed E-state index contributed by atoms with van der Waals surface area (Å²) in [6.07, 6.45) is 0. The van der Waals surface area contributed by atoms with Crippen LogP contribution in [0, 0.1) is 10.1 Å². The quantitative estimate of drug-likeness (QED) is 0.661. The smallest absolute Gasteiger partial charge is 0.277 e. The molecule has 2 aromatic rings. The van der Waals surface area contributed by atoms with E-state index < -0.39 is 0 Å². The molecular formula is C14H15N3O2. The maximum atomic E-state index is 11.1. The van der Waals surface area contributed by atoms with E-state index in [1.165, 1.54) is 0 Å². The average Bonchev–Trinajstić information content (AvgIpc) is 2.47. The fourth-order valence-corrected chi connectivity index (χ4v) is 2.61. The molecule has 98 valence electrons. The van der Waals surface area contributed by atoms with E-state index in [-0.39, 0.29) is 10.6 Å². The lowest BCUT2D eigenvalue weighted by Crippen LogP contribution is -2.43. The molecule has 1 saturated heterocycles. The molecule has 0 atom stereocenters. The second kappa shape index (κ2) is 4.85. The molecule has 19 heavy (non-hydrogen) atoms. The molecule has 0 saturated carbocycles. The van der Waals surface area contributed by atoms with Crippen molar-refractivity contribution >= 4 is 22.1 Å². The van der Waals surface area contributed by atoms with Crippen molar-refractivity contribution in [2.24, 2.45) is 0 Å². The summed E-state index contributed by atoms with van der Waals surface area (Å²) >= 11 is 0. The molecule has 3 rings (SSSR count). The Balaban J connectivity index is 2.15. The molecule has 0 amide bonds. The lowest BCUT2D eigenvalue weighted by atomic mass is 10.1. The zero-order chi connectivity index (χ0) is 13.2. The number of benzene rings is 2. The highest BCUT2D eigenvalue weighted by molar-refractivity contribution is 6.00. The predicted molar refractivity (Wildman–Crippen MR) is 75.7 cm³/mol. The van der Waals surface area contributed by atoms with Crippen LogP contribution >= 0.6 is 0 Å². The maximum Gasteiger partial charge on any atom is 0.277 e. The van der Waals surface area contributed by atoms with E-state index in [0.717, 1.165) is 37.3 Å². The van der Waals surface area contributed by atoms with Crippen LogP contribution in [0.4, 0.5) is 11.4 Å². The molecule has 0 unspecified atom stereocenters. The Labute approximate surface area is 111 Å². The first-order chi connectivity index (χ1) is 9.27. The Bertz CT molecular complexity index is 621. The summed E-state index contributed by atoms with van der Waals surface area (Å²) < 4.78 is 0. The van der Waals surface area contributed by atoms with Crippen molar-refractivity contribution in [2.45, 2.75) is 0 Å². The Hall–Kier alpha value is -2.14. The summed E-state index contributed by atoms with van der Waals surface area (Å²) in [4.78, 5) is 13.0. The number of rotatable bonds is 2. The van der Waals surface area contributed by atoms with Crippen molar-refractivity contribution in [2.75, 3.05) is 31.1 Å². The minimum absolute atomic E-state index is 0.175. The minimum atomic E-state index is -0.316. The van der Waals surface area contributed by atoms with E-state index in [2.05, 4.69) is 10.2 Å². The van der Waals surface area contributed by atoms with Crippen LogP contribution < -0.4 is 10.2 Å². The van der Waals surface area contributed by atoms with E-state index in [1.54, 1.807) is 6.07 Å². The summed E-state index contributed by atoms with van der Waals surface area (Å²) in [5.41, 5.74) is 1.26. The molecule has 0 aliphatic carbocycles. The molecule has 0 aromatic heterocycles. The van der Waals surface area contributed by atoms with Gasteiger partial charge in [0.15, 0.2) is 0 Å². The summed E-state index contributed by atoms with van der Waals surface area (Å²) in [6.45, 7) is 3.76. The van der Waals surface area contributed by atoms with E-state index in [0.29, 0.717) is 5.39 Å². The highest BCUT2D eigenvalue weighted by Crippen LogP contribution is 2.33. The lowest BCUT2D eigenvalue weighted by molar-refractivity contribution is -0.383. The van der Waals surface area contributed by atoms with Gasteiger partial charge in [0.25, 0.3) is 5.69 Å². The largest absolute Gasteiger partial charge is 0.368 e. The number of nitro benzene ring substituents is 1. The fraction of sp³-hybridized carbons (Fsp3) is 0.286. The Morgan fingerprint density at radius 3 is 2.42 bits per heavy atom. The van der Waals surface area contributed by atoms with E-state index in [4.69, 9.17) is 0 Å². The standard InChI is InChI=1S/C14H15N3O2/c18-17(19)14-6-5-13(16-9-7-15-8-10-16)11-3-1-2-4-12(11)14/h1-6,15H,7-10H2. The van der Waals surface area contributed by atoms with Crippen molar-refractivity contribution in [1.82, 2.24) is 5.32 Å². The topological polar surface area (TPSA) is 58.4 Å². The van der Waals surface area contributed by atoms with E-state index >= 15 is 0 Å². The summed E-state index contributed by atoms with van der Waals surface area (Å²) in [5, 5.41) is 16.1. The third-order valence-corrected chi connectivity index (χ3v) is 3.53. The zero-order valence-corrected chi connectivity index (χ0v) is 10.5. The second-order valence-electron chi connectivity index (χ2n) is 4.64. The number of fused-ring (bicyclic) bond motifs is 1. The number of anilines is 1. The SMILES string of the molecule is O=[N+]([O-])c1ccc(N2CCNCC2)c2ccccc12. The fourth-order valence-electron chi connectivity index (χ4n) is 2.61. The van der Waals surface area contributed by atoms with Gasteiger partial charge in [-0.1, -0.05) is 18.2 Å². The van der Waals surface area contributed by atoms with Gasteiger partial charge in [0.2, 0.25) is 0 Å². The number of hydrogen-bond donors (Lipinski definition) is 1. The van der Waals surface area contributed by atoms with Crippen LogP contribution in [-0.2, 0) is 0 Å². The molecule has 1 heterocycles. The van der Waals surface area contributed by atoms with Gasteiger partial charge in [-0.25, -0.2) is 0 Å². The third kappa shape index (κ3) is 2.13. The number of nitrogens with zero attached hydrogens (tertiary/aromatic N) is 2. The van der Waals surface area contributed by atoms with Crippen LogP contribution in [0.3, 0.4) is 0 Å². The van der Waals surface area contributed by atoms with E-state index in [9.17, 15) is 10.1 Å². The first kappa shape index (κ1) is 11.9. The van der Waals surface area contributed by atoms with Gasteiger partial charge < -0.3 is 10.2 Å². The molecule has 0 spiro atoms. The molecule has 5 nitrogen and oxygen atoms in total. The number of nitro groups is 1. The first-order valence-electron chi connectivity index (χ1n) is 6.39. The third-order valence-electron chi connectivity index (χ3n) is 3.53. The summed E-state index contributed by atoms with van der Waals surface area (Å²) in [6, 6.07) is 11.0. The monoisotopic (exact) mass is 257 g/mol. The molecule has 1 aliphatic heterocycles. The Morgan fingerprint density at radius 1 is 1.05 bits per heavy atom. The van der Waals surface area contributed by atoms with Crippen LogP contribution in [0.15, 0.2) is 36.4 Å². The van der Waals surface area contributed by atoms with Gasteiger partial charge in [-0.3, -0.25) is 10.1 Å². The van der Waals surface area contributed by atoms with Crippen LogP contribution in [0.1, 0.15) is 0 Å². The molecule has 0 bridgehead atoms. The Kier molecular flexibility index (Phi) is 3.05. The van der Waals surface area contributed by atoms with E-state index in [1.807, 2.05) is 30.3 Å². The van der Waals surface area contributed by atoms with Gasteiger partial charge >= 0.3 is 0 Å². The molecule has 1 fully saturated rings. The number of piperazine rings is 1. The van der Waals surface area contributed by atoms with Gasteiger partial charge in [-0.2, -0.15) is 0 Å². The highest BCUT2D eigenvalue weighted by atomic mass is 16.6. The zero-order valence-electron chi connectivity index (χ0n) is 10.5. The van der Waals surface area contributed by atoms with Crippen molar-refractivity contribution < 1.29 is 4.92 Å². The maximum absolute atomic E-state index is 11.1. The summed E-state index contributed by atoms with van der Waals surface area (Å²) in [5.74, 6) is 0. The molecular weight excluding hydrogens is 242 g/mol. The second-order valence-corrected chi connectivity index (χ2v) is 4.64. The van der Waals surface area contributed by atoms with Crippen LogP contribution in [0.5, 0.6) is 0 Å². The summed E-state index contributed by atoms with van der Waals surface area (Å²) in [7, 11) is 0. The van der Waals surface area contributed by atoms with Gasteiger partial charge in [-0.05, 0) is 12.1 Å². The van der Waals surface area contributed by atoms with Crippen molar-refractivity contribution in [3.63, 3.8) is 0 Å². The van der Waals surface area contributed by atoms with Crippen molar-refractivity contribution in [1.29, 1.82) is 0 Å². The first-order valence-corrected chi connectivity index (χ1v) is 6.39. The molecule has 0 radical (unpaired) electrons. The predicted octanol–water partition coefficient (Wildman–Crippen LogP) is 2.16. The average molecular weight is 257 g/mol. The number of non-ortho nitro benzene ring substituents is 1. The number of hydrogen-bond acceptors (Lipinski definition) is 4.